The van der Waals surface area contributed by atoms with Gasteiger partial charge in [0.25, 0.3) is 0 Å². The molecule has 0 aromatic carbocycles. The molecule has 0 radical (unpaired) electrons. The fourth-order valence-electron chi connectivity index (χ4n) is 1.54. The summed E-state index contributed by atoms with van der Waals surface area (Å²) >= 11 is 0. The average molecular weight is 251 g/mol. The van der Waals surface area contributed by atoms with Crippen LogP contribution in [0.4, 0.5) is 11.6 Å². The number of hydrogen-bond donors (Lipinski definition) is 3. The zero-order chi connectivity index (χ0) is 13.5. The SMILES string of the molecule is CCCNc1ncnc(NC(C)C(N)=O)c1CC. The second kappa shape index (κ2) is 6.78. The van der Waals surface area contributed by atoms with Gasteiger partial charge in [0.05, 0.1) is 0 Å². The normalized spacial score (nSPS) is 11.9. The number of primary amides is 1. The van der Waals surface area contributed by atoms with Gasteiger partial charge in [-0.3, -0.25) is 4.79 Å². The molecule has 18 heavy (non-hydrogen) atoms. The van der Waals surface area contributed by atoms with Crippen molar-refractivity contribution in [3.8, 4) is 0 Å². The van der Waals surface area contributed by atoms with E-state index in [1.165, 1.54) is 6.33 Å². The minimum atomic E-state index is -0.454. The van der Waals surface area contributed by atoms with Crippen LogP contribution in [-0.2, 0) is 11.2 Å². The summed E-state index contributed by atoms with van der Waals surface area (Å²) in [4.78, 5) is 19.5. The molecule has 1 unspecified atom stereocenters. The van der Waals surface area contributed by atoms with Gasteiger partial charge >= 0.3 is 0 Å². The molecule has 1 heterocycles. The molecule has 0 fully saturated rings. The van der Waals surface area contributed by atoms with Crippen molar-refractivity contribution in [2.45, 2.75) is 39.7 Å². The maximum atomic E-state index is 11.1. The first-order valence-electron chi connectivity index (χ1n) is 6.23. The van der Waals surface area contributed by atoms with E-state index < -0.39 is 11.9 Å². The predicted molar refractivity (Wildman–Crippen MR) is 72.5 cm³/mol. The van der Waals surface area contributed by atoms with Crippen LogP contribution >= 0.6 is 0 Å². The molecule has 0 saturated carbocycles. The molecule has 0 aliphatic heterocycles. The zero-order valence-electron chi connectivity index (χ0n) is 11.2. The number of nitrogens with two attached hydrogens (primary N) is 1. The number of anilines is 2. The van der Waals surface area contributed by atoms with E-state index in [0.717, 1.165) is 30.8 Å². The second-order valence-electron chi connectivity index (χ2n) is 4.10. The lowest BCUT2D eigenvalue weighted by atomic mass is 10.2. The van der Waals surface area contributed by atoms with E-state index in [4.69, 9.17) is 5.73 Å². The van der Waals surface area contributed by atoms with Crippen LogP contribution in [0.15, 0.2) is 6.33 Å². The van der Waals surface area contributed by atoms with E-state index in [1.54, 1.807) is 6.92 Å². The van der Waals surface area contributed by atoms with Gasteiger partial charge in [0.1, 0.15) is 24.0 Å². The van der Waals surface area contributed by atoms with Crippen LogP contribution in [0.5, 0.6) is 0 Å². The van der Waals surface area contributed by atoms with E-state index >= 15 is 0 Å². The summed E-state index contributed by atoms with van der Waals surface area (Å²) in [6.07, 6.45) is 3.28. The van der Waals surface area contributed by atoms with Crippen molar-refractivity contribution in [1.29, 1.82) is 0 Å². The lowest BCUT2D eigenvalue weighted by Gasteiger charge is -2.16. The Balaban J connectivity index is 2.93. The quantitative estimate of drug-likeness (QED) is 0.676. The highest BCUT2D eigenvalue weighted by Gasteiger charge is 2.14. The van der Waals surface area contributed by atoms with E-state index in [0.29, 0.717) is 5.82 Å². The first-order valence-corrected chi connectivity index (χ1v) is 6.23. The second-order valence-corrected chi connectivity index (χ2v) is 4.10. The number of carbonyl (C=O) groups is 1. The van der Waals surface area contributed by atoms with Crippen LogP contribution in [0.25, 0.3) is 0 Å². The van der Waals surface area contributed by atoms with Crippen molar-refractivity contribution in [3.63, 3.8) is 0 Å². The Morgan fingerprint density at radius 1 is 1.39 bits per heavy atom. The summed E-state index contributed by atoms with van der Waals surface area (Å²) in [5.41, 5.74) is 6.20. The number of amides is 1. The number of nitrogens with one attached hydrogen (secondary N) is 2. The highest BCUT2D eigenvalue weighted by molar-refractivity contribution is 5.82. The van der Waals surface area contributed by atoms with Gasteiger partial charge in [-0.05, 0) is 19.8 Å². The lowest BCUT2D eigenvalue weighted by Crippen LogP contribution is -2.33. The van der Waals surface area contributed by atoms with E-state index in [9.17, 15) is 4.79 Å². The van der Waals surface area contributed by atoms with Gasteiger partial charge in [-0.1, -0.05) is 13.8 Å². The van der Waals surface area contributed by atoms with Crippen LogP contribution < -0.4 is 16.4 Å². The number of rotatable bonds is 7. The van der Waals surface area contributed by atoms with Gasteiger partial charge in [0, 0.05) is 12.1 Å². The third-order valence-electron chi connectivity index (χ3n) is 2.62. The smallest absolute Gasteiger partial charge is 0.239 e. The van der Waals surface area contributed by atoms with E-state index in [1.807, 2.05) is 6.92 Å². The van der Waals surface area contributed by atoms with Crippen LogP contribution in [0.1, 0.15) is 32.8 Å². The monoisotopic (exact) mass is 251 g/mol. The van der Waals surface area contributed by atoms with Crippen molar-refractivity contribution in [1.82, 2.24) is 9.97 Å². The minimum Gasteiger partial charge on any atom is -0.370 e. The molecule has 0 aliphatic rings. The molecule has 0 bridgehead atoms. The van der Waals surface area contributed by atoms with E-state index in [-0.39, 0.29) is 0 Å². The maximum Gasteiger partial charge on any atom is 0.239 e. The average Bonchev–Trinajstić information content (AvgIpc) is 2.36. The standard InChI is InChI=1S/C12H21N5O/c1-4-6-14-11-9(5-2)12(16-7-15-11)17-8(3)10(13)18/h7-8H,4-6H2,1-3H3,(H2,13,18)(H2,14,15,16,17). The molecule has 0 saturated heterocycles. The van der Waals surface area contributed by atoms with Crippen molar-refractivity contribution in [3.05, 3.63) is 11.9 Å². The van der Waals surface area contributed by atoms with Crippen LogP contribution in [0, 0.1) is 0 Å². The Kier molecular flexibility index (Phi) is 5.35. The van der Waals surface area contributed by atoms with Crippen LogP contribution in [0.3, 0.4) is 0 Å². The summed E-state index contributed by atoms with van der Waals surface area (Å²) < 4.78 is 0. The van der Waals surface area contributed by atoms with Gasteiger partial charge in [-0.2, -0.15) is 0 Å². The zero-order valence-corrected chi connectivity index (χ0v) is 11.2. The van der Waals surface area contributed by atoms with Gasteiger partial charge in [-0.25, -0.2) is 9.97 Å². The largest absolute Gasteiger partial charge is 0.370 e. The fourth-order valence-corrected chi connectivity index (χ4v) is 1.54. The Morgan fingerprint density at radius 3 is 2.61 bits per heavy atom. The highest BCUT2D eigenvalue weighted by atomic mass is 16.1. The van der Waals surface area contributed by atoms with Crippen LogP contribution in [0.2, 0.25) is 0 Å². The molecule has 1 aromatic heterocycles. The van der Waals surface area contributed by atoms with Crippen molar-refractivity contribution < 1.29 is 4.79 Å². The van der Waals surface area contributed by atoms with Crippen molar-refractivity contribution in [2.75, 3.05) is 17.2 Å². The van der Waals surface area contributed by atoms with Gasteiger partial charge in [0.15, 0.2) is 0 Å². The molecule has 6 heteroatoms. The van der Waals surface area contributed by atoms with Gasteiger partial charge in [0.2, 0.25) is 5.91 Å². The third kappa shape index (κ3) is 3.58. The summed E-state index contributed by atoms with van der Waals surface area (Å²) in [5, 5.41) is 6.26. The number of aromatic nitrogens is 2. The molecule has 1 aromatic rings. The Bertz CT molecular complexity index is 407. The summed E-state index contributed by atoms with van der Waals surface area (Å²) in [7, 11) is 0. The molecule has 1 atom stereocenters. The molecule has 1 amide bonds. The summed E-state index contributed by atoms with van der Waals surface area (Å²) in [6.45, 7) is 6.68. The van der Waals surface area contributed by atoms with Crippen molar-refractivity contribution >= 4 is 17.5 Å². The lowest BCUT2D eigenvalue weighted by molar-refractivity contribution is -0.118. The molecule has 0 aliphatic carbocycles. The molecular formula is C12H21N5O. The maximum absolute atomic E-state index is 11.1. The predicted octanol–water partition coefficient (Wildman–Crippen LogP) is 1.15. The van der Waals surface area contributed by atoms with E-state index in [2.05, 4.69) is 27.5 Å². The molecule has 1 rings (SSSR count). The minimum absolute atomic E-state index is 0.404. The van der Waals surface area contributed by atoms with Crippen molar-refractivity contribution in [2.24, 2.45) is 5.73 Å². The highest BCUT2D eigenvalue weighted by Crippen LogP contribution is 2.20. The Labute approximate surface area is 107 Å². The van der Waals surface area contributed by atoms with Crippen LogP contribution in [-0.4, -0.2) is 28.5 Å². The third-order valence-corrected chi connectivity index (χ3v) is 2.62. The number of hydrogen-bond acceptors (Lipinski definition) is 5. The van der Waals surface area contributed by atoms with Gasteiger partial charge < -0.3 is 16.4 Å². The number of carbonyl (C=O) groups excluding carboxylic acids is 1. The molecular weight excluding hydrogens is 230 g/mol. The first-order chi connectivity index (χ1) is 8.60. The number of nitrogens with zero attached hydrogens (tertiary/aromatic N) is 2. The molecule has 0 spiro atoms. The topological polar surface area (TPSA) is 92.9 Å². The Morgan fingerprint density at radius 2 is 2.06 bits per heavy atom. The fraction of sp³-hybridized carbons (Fsp3) is 0.583. The summed E-state index contributed by atoms with van der Waals surface area (Å²) in [6, 6.07) is -0.454. The summed E-state index contributed by atoms with van der Waals surface area (Å²) in [5.74, 6) is 1.07. The first kappa shape index (κ1) is 14.2. The molecule has 4 N–H and O–H groups in total. The van der Waals surface area contributed by atoms with Gasteiger partial charge in [-0.15, -0.1) is 0 Å². The molecule has 100 valence electrons. The Hall–Kier alpha value is -1.85. The molecule has 6 nitrogen and oxygen atoms in total.